The highest BCUT2D eigenvalue weighted by atomic mass is 32.2. The summed E-state index contributed by atoms with van der Waals surface area (Å²) in [5.41, 5.74) is 3.48. The normalized spacial score (nSPS) is 16.0. The first-order valence-corrected chi connectivity index (χ1v) is 10.8. The van der Waals surface area contributed by atoms with E-state index in [1.54, 1.807) is 18.7 Å². The minimum absolute atomic E-state index is 0.0389. The van der Waals surface area contributed by atoms with Crippen LogP contribution in [0.5, 0.6) is 0 Å². The van der Waals surface area contributed by atoms with Crippen molar-refractivity contribution in [3.05, 3.63) is 28.4 Å². The van der Waals surface area contributed by atoms with Crippen LogP contribution in [0, 0.1) is 27.7 Å². The number of carbonyl (C=O) groups is 1. The molecule has 1 aliphatic heterocycles. The summed E-state index contributed by atoms with van der Waals surface area (Å²) >= 11 is 0. The minimum atomic E-state index is -3.66. The molecule has 0 unspecified atom stereocenters. The number of piperazine rings is 1. The van der Waals surface area contributed by atoms with Gasteiger partial charge in [-0.15, -0.1) is 0 Å². The summed E-state index contributed by atoms with van der Waals surface area (Å²) in [6.45, 7) is 8.45. The Morgan fingerprint density at radius 2 is 1.71 bits per heavy atom. The molecule has 0 atom stereocenters. The molecule has 1 saturated heterocycles. The number of rotatable bonds is 5. The Balaban J connectivity index is 1.60. The second-order valence-electron chi connectivity index (χ2n) is 7.21. The molecule has 0 N–H and O–H groups in total. The molecule has 0 bridgehead atoms. The van der Waals surface area contributed by atoms with Crippen molar-refractivity contribution in [2.75, 3.05) is 26.2 Å². The van der Waals surface area contributed by atoms with Gasteiger partial charge in [0.15, 0.2) is 5.76 Å². The SMILES string of the molecule is Cc1nn(C)c(C)c1CCC(=O)N1CCN(S(=O)(=O)c2c(C)noc2C)CC1. The third-order valence-electron chi connectivity index (χ3n) is 5.40. The highest BCUT2D eigenvalue weighted by Gasteiger charge is 2.34. The van der Waals surface area contributed by atoms with Crippen LogP contribution in [-0.2, 0) is 28.3 Å². The summed E-state index contributed by atoms with van der Waals surface area (Å²) in [6, 6.07) is 0. The fourth-order valence-corrected chi connectivity index (χ4v) is 5.43. The summed E-state index contributed by atoms with van der Waals surface area (Å²) in [5, 5.41) is 8.12. The van der Waals surface area contributed by atoms with Gasteiger partial charge in [0.2, 0.25) is 15.9 Å². The number of aryl methyl sites for hydroxylation is 4. The van der Waals surface area contributed by atoms with Gasteiger partial charge in [-0.05, 0) is 39.7 Å². The molecule has 1 fully saturated rings. The second kappa shape index (κ2) is 7.67. The van der Waals surface area contributed by atoms with Crippen LogP contribution >= 0.6 is 0 Å². The molecule has 0 radical (unpaired) electrons. The molecular weight excluding hydrogens is 382 g/mol. The molecule has 3 heterocycles. The van der Waals surface area contributed by atoms with E-state index in [2.05, 4.69) is 10.3 Å². The maximum absolute atomic E-state index is 12.9. The van der Waals surface area contributed by atoms with Gasteiger partial charge in [0.1, 0.15) is 10.6 Å². The number of hydrogen-bond donors (Lipinski definition) is 0. The fourth-order valence-electron chi connectivity index (χ4n) is 3.72. The lowest BCUT2D eigenvalue weighted by Gasteiger charge is -2.34. The summed E-state index contributed by atoms with van der Waals surface area (Å²) in [5.74, 6) is 0.329. The molecule has 0 saturated carbocycles. The largest absolute Gasteiger partial charge is 0.360 e. The van der Waals surface area contributed by atoms with Crippen molar-refractivity contribution in [2.45, 2.75) is 45.4 Å². The molecule has 2 aromatic rings. The first-order chi connectivity index (χ1) is 13.1. The van der Waals surface area contributed by atoms with Crippen LogP contribution in [0.15, 0.2) is 9.42 Å². The lowest BCUT2D eigenvalue weighted by molar-refractivity contribution is -0.132. The minimum Gasteiger partial charge on any atom is -0.360 e. The molecular formula is C18H27N5O4S. The third kappa shape index (κ3) is 3.70. The van der Waals surface area contributed by atoms with Crippen molar-refractivity contribution < 1.29 is 17.7 Å². The zero-order chi connectivity index (χ0) is 20.6. The Morgan fingerprint density at radius 3 is 2.21 bits per heavy atom. The Morgan fingerprint density at radius 1 is 1.07 bits per heavy atom. The van der Waals surface area contributed by atoms with Gasteiger partial charge in [-0.1, -0.05) is 5.16 Å². The molecule has 0 aliphatic carbocycles. The smallest absolute Gasteiger partial charge is 0.248 e. The zero-order valence-electron chi connectivity index (χ0n) is 17.0. The van der Waals surface area contributed by atoms with Gasteiger partial charge in [-0.2, -0.15) is 9.40 Å². The van der Waals surface area contributed by atoms with E-state index in [-0.39, 0.29) is 23.9 Å². The molecule has 1 aliphatic rings. The quantitative estimate of drug-likeness (QED) is 0.733. The molecule has 10 heteroatoms. The van der Waals surface area contributed by atoms with Gasteiger partial charge in [0, 0.05) is 45.3 Å². The van der Waals surface area contributed by atoms with Gasteiger partial charge in [0.05, 0.1) is 5.69 Å². The molecule has 154 valence electrons. The van der Waals surface area contributed by atoms with Gasteiger partial charge in [0.25, 0.3) is 0 Å². The van der Waals surface area contributed by atoms with Crippen LogP contribution in [0.3, 0.4) is 0 Å². The second-order valence-corrected chi connectivity index (χ2v) is 9.09. The predicted octanol–water partition coefficient (Wildman–Crippen LogP) is 1.11. The van der Waals surface area contributed by atoms with Crippen molar-refractivity contribution >= 4 is 15.9 Å². The molecule has 2 aromatic heterocycles. The first-order valence-electron chi connectivity index (χ1n) is 9.32. The monoisotopic (exact) mass is 409 g/mol. The van der Waals surface area contributed by atoms with E-state index in [0.29, 0.717) is 37.4 Å². The summed E-state index contributed by atoms with van der Waals surface area (Å²) in [6.07, 6.45) is 1.03. The molecule has 0 aromatic carbocycles. The fraction of sp³-hybridized carbons (Fsp3) is 0.611. The average Bonchev–Trinajstić information content (AvgIpc) is 3.11. The number of nitrogens with zero attached hydrogens (tertiary/aromatic N) is 5. The zero-order valence-corrected chi connectivity index (χ0v) is 17.8. The van der Waals surface area contributed by atoms with Crippen LogP contribution in [0.4, 0.5) is 0 Å². The average molecular weight is 410 g/mol. The lowest BCUT2D eigenvalue weighted by Crippen LogP contribution is -2.50. The van der Waals surface area contributed by atoms with E-state index < -0.39 is 10.0 Å². The Labute approximate surface area is 165 Å². The molecule has 0 spiro atoms. The van der Waals surface area contributed by atoms with Gasteiger partial charge < -0.3 is 9.42 Å². The number of carbonyl (C=O) groups excluding carboxylic acids is 1. The summed E-state index contributed by atoms with van der Waals surface area (Å²) in [4.78, 5) is 14.5. The summed E-state index contributed by atoms with van der Waals surface area (Å²) < 4.78 is 34.0. The molecule has 3 rings (SSSR count). The molecule has 9 nitrogen and oxygen atoms in total. The standard InChI is InChI=1S/C18H27N5O4S/c1-12-16(14(3)21(5)19-12)6-7-17(24)22-8-10-23(11-9-22)28(25,26)18-13(2)20-27-15(18)4/h6-11H2,1-5H3. The molecule has 28 heavy (non-hydrogen) atoms. The van der Waals surface area contributed by atoms with Gasteiger partial charge in [-0.25, -0.2) is 8.42 Å². The van der Waals surface area contributed by atoms with E-state index in [1.165, 1.54) is 4.31 Å². The highest BCUT2D eigenvalue weighted by molar-refractivity contribution is 7.89. The first kappa shape index (κ1) is 20.5. The van der Waals surface area contributed by atoms with Crippen molar-refractivity contribution in [2.24, 2.45) is 7.05 Å². The van der Waals surface area contributed by atoms with Crippen LogP contribution in [0.2, 0.25) is 0 Å². The number of sulfonamides is 1. The molecule has 1 amide bonds. The van der Waals surface area contributed by atoms with E-state index in [9.17, 15) is 13.2 Å². The summed E-state index contributed by atoms with van der Waals surface area (Å²) in [7, 11) is -1.77. The highest BCUT2D eigenvalue weighted by Crippen LogP contribution is 2.24. The van der Waals surface area contributed by atoms with Gasteiger partial charge in [-0.3, -0.25) is 9.48 Å². The van der Waals surface area contributed by atoms with Crippen molar-refractivity contribution in [1.29, 1.82) is 0 Å². The van der Waals surface area contributed by atoms with Crippen LogP contribution < -0.4 is 0 Å². The number of hydrogen-bond acceptors (Lipinski definition) is 6. The third-order valence-corrected chi connectivity index (χ3v) is 7.55. The van der Waals surface area contributed by atoms with E-state index in [1.807, 2.05) is 25.6 Å². The number of amides is 1. The maximum Gasteiger partial charge on any atom is 0.248 e. The van der Waals surface area contributed by atoms with Crippen molar-refractivity contribution in [3.63, 3.8) is 0 Å². The van der Waals surface area contributed by atoms with Crippen LogP contribution in [0.25, 0.3) is 0 Å². The van der Waals surface area contributed by atoms with Crippen LogP contribution in [-0.4, -0.2) is 64.6 Å². The van der Waals surface area contributed by atoms with Crippen LogP contribution in [0.1, 0.15) is 34.8 Å². The van der Waals surface area contributed by atoms with E-state index in [0.717, 1.165) is 17.0 Å². The topological polar surface area (TPSA) is 102 Å². The van der Waals surface area contributed by atoms with E-state index >= 15 is 0 Å². The maximum atomic E-state index is 12.9. The number of aromatic nitrogens is 3. The lowest BCUT2D eigenvalue weighted by atomic mass is 10.1. The van der Waals surface area contributed by atoms with Gasteiger partial charge >= 0.3 is 0 Å². The Bertz CT molecular complexity index is 965. The van der Waals surface area contributed by atoms with Crippen molar-refractivity contribution in [3.8, 4) is 0 Å². The predicted molar refractivity (Wildman–Crippen MR) is 102 cm³/mol. The Hall–Kier alpha value is -2.20. The van der Waals surface area contributed by atoms with E-state index in [4.69, 9.17) is 4.52 Å². The Kier molecular flexibility index (Phi) is 5.62. The van der Waals surface area contributed by atoms with Crippen molar-refractivity contribution in [1.82, 2.24) is 24.1 Å².